The highest BCUT2D eigenvalue weighted by Gasteiger charge is 2.20. The predicted octanol–water partition coefficient (Wildman–Crippen LogP) is 2.28. The number of carbonyl (C=O) groups is 2. The number of amides is 1. The van der Waals surface area contributed by atoms with Gasteiger partial charge in [-0.2, -0.15) is 0 Å². The normalized spacial score (nSPS) is 11.9. The van der Waals surface area contributed by atoms with E-state index in [1.807, 2.05) is 0 Å². The van der Waals surface area contributed by atoms with Gasteiger partial charge in [0.1, 0.15) is 0 Å². The van der Waals surface area contributed by atoms with Crippen molar-refractivity contribution in [3.8, 4) is 0 Å². The van der Waals surface area contributed by atoms with Crippen LogP contribution in [0.4, 0.5) is 0 Å². The van der Waals surface area contributed by atoms with Crippen LogP contribution in [0, 0.1) is 0 Å². The number of hydrogen-bond acceptors (Lipinski definition) is 2. The highest BCUT2D eigenvalue weighted by atomic mass is 35.5. The summed E-state index contributed by atoms with van der Waals surface area (Å²) in [5, 5.41) is 9.04. The maximum absolute atomic E-state index is 12.0. The molecular formula is C12H14ClNO3. The van der Waals surface area contributed by atoms with E-state index in [0.717, 1.165) is 0 Å². The number of hydrogen-bond donors (Lipinski definition) is 1. The number of benzene rings is 1. The highest BCUT2D eigenvalue weighted by Crippen LogP contribution is 2.18. The van der Waals surface area contributed by atoms with E-state index in [2.05, 4.69) is 0 Å². The molecule has 0 saturated carbocycles. The van der Waals surface area contributed by atoms with Crippen molar-refractivity contribution in [1.29, 1.82) is 0 Å². The van der Waals surface area contributed by atoms with Crippen molar-refractivity contribution in [1.82, 2.24) is 4.90 Å². The molecule has 1 N–H and O–H groups in total. The third kappa shape index (κ3) is 3.46. The minimum absolute atomic E-state index is 0.0906. The molecule has 0 heterocycles. The second-order valence-corrected chi connectivity index (χ2v) is 4.25. The summed E-state index contributed by atoms with van der Waals surface area (Å²) >= 11 is 5.91. The maximum atomic E-state index is 12.0. The Labute approximate surface area is 105 Å². The fourth-order valence-corrected chi connectivity index (χ4v) is 1.63. The van der Waals surface area contributed by atoms with Crippen LogP contribution in [0.15, 0.2) is 24.3 Å². The molecule has 0 aliphatic rings. The zero-order valence-corrected chi connectivity index (χ0v) is 10.4. The minimum atomic E-state index is -0.934. The van der Waals surface area contributed by atoms with Gasteiger partial charge >= 0.3 is 5.97 Å². The molecule has 1 atom stereocenters. The molecule has 4 nitrogen and oxygen atoms in total. The molecular weight excluding hydrogens is 242 g/mol. The first kappa shape index (κ1) is 13.5. The van der Waals surface area contributed by atoms with E-state index in [1.54, 1.807) is 38.2 Å². The van der Waals surface area contributed by atoms with E-state index in [9.17, 15) is 9.59 Å². The third-order valence-electron chi connectivity index (χ3n) is 2.56. The molecule has 1 rings (SSSR count). The van der Waals surface area contributed by atoms with Gasteiger partial charge in [-0.15, -0.1) is 0 Å². The smallest absolute Gasteiger partial charge is 0.305 e. The Kier molecular flexibility index (Phi) is 4.52. The van der Waals surface area contributed by atoms with Crippen molar-refractivity contribution >= 4 is 23.5 Å². The second kappa shape index (κ2) is 5.68. The Morgan fingerprint density at radius 3 is 2.53 bits per heavy atom. The second-order valence-electron chi connectivity index (χ2n) is 3.84. The molecule has 1 aromatic rings. The van der Waals surface area contributed by atoms with Gasteiger partial charge < -0.3 is 10.0 Å². The van der Waals surface area contributed by atoms with Crippen LogP contribution in [0.2, 0.25) is 5.02 Å². The SMILES string of the molecule is CC(CC(=O)O)N(C)C(=O)c1ccccc1Cl. The van der Waals surface area contributed by atoms with Gasteiger partial charge in [0.05, 0.1) is 17.0 Å². The molecule has 92 valence electrons. The highest BCUT2D eigenvalue weighted by molar-refractivity contribution is 6.33. The molecule has 0 spiro atoms. The van der Waals surface area contributed by atoms with E-state index in [4.69, 9.17) is 16.7 Å². The Morgan fingerprint density at radius 1 is 1.41 bits per heavy atom. The molecule has 0 fully saturated rings. The van der Waals surface area contributed by atoms with Crippen molar-refractivity contribution in [3.63, 3.8) is 0 Å². The standard InChI is InChI=1S/C12H14ClNO3/c1-8(7-11(15)16)14(2)12(17)9-5-3-4-6-10(9)13/h3-6,8H,7H2,1-2H3,(H,15,16). The fourth-order valence-electron chi connectivity index (χ4n) is 1.41. The van der Waals surface area contributed by atoms with Crippen molar-refractivity contribution in [3.05, 3.63) is 34.9 Å². The Balaban J connectivity index is 2.83. The quantitative estimate of drug-likeness (QED) is 0.898. The third-order valence-corrected chi connectivity index (χ3v) is 2.89. The number of carbonyl (C=O) groups excluding carboxylic acids is 1. The molecule has 1 unspecified atom stereocenters. The average molecular weight is 256 g/mol. The van der Waals surface area contributed by atoms with Crippen LogP contribution in [0.5, 0.6) is 0 Å². The summed E-state index contributed by atoms with van der Waals surface area (Å²) in [6.45, 7) is 1.68. The molecule has 5 heteroatoms. The summed E-state index contributed by atoms with van der Waals surface area (Å²) in [5.41, 5.74) is 0.383. The van der Waals surface area contributed by atoms with Gasteiger partial charge in [-0.25, -0.2) is 0 Å². The minimum Gasteiger partial charge on any atom is -0.481 e. The van der Waals surface area contributed by atoms with Gasteiger partial charge in [0.15, 0.2) is 0 Å². The van der Waals surface area contributed by atoms with Crippen LogP contribution in [-0.4, -0.2) is 35.0 Å². The first-order valence-corrected chi connectivity index (χ1v) is 5.54. The van der Waals surface area contributed by atoms with E-state index in [0.29, 0.717) is 10.6 Å². The Hall–Kier alpha value is -1.55. The molecule has 1 aromatic carbocycles. The number of aliphatic carboxylic acids is 1. The maximum Gasteiger partial charge on any atom is 0.305 e. The number of rotatable bonds is 4. The first-order valence-electron chi connectivity index (χ1n) is 5.17. The Morgan fingerprint density at radius 2 is 2.00 bits per heavy atom. The molecule has 0 aliphatic carbocycles. The van der Waals surface area contributed by atoms with Gasteiger partial charge in [0, 0.05) is 13.1 Å². The van der Waals surface area contributed by atoms with Crippen LogP contribution in [0.3, 0.4) is 0 Å². The van der Waals surface area contributed by atoms with Gasteiger partial charge in [-0.05, 0) is 19.1 Å². The summed E-state index contributed by atoms with van der Waals surface area (Å²) < 4.78 is 0. The molecule has 0 bridgehead atoms. The lowest BCUT2D eigenvalue weighted by Crippen LogP contribution is -2.36. The molecule has 1 amide bonds. The van der Waals surface area contributed by atoms with Crippen LogP contribution in [0.1, 0.15) is 23.7 Å². The number of nitrogens with zero attached hydrogens (tertiary/aromatic N) is 1. The van der Waals surface area contributed by atoms with Crippen LogP contribution >= 0.6 is 11.6 Å². The number of carboxylic acids is 1. The number of carboxylic acid groups (broad SMARTS) is 1. The summed E-state index contributed by atoms with van der Waals surface area (Å²) in [6, 6.07) is 6.32. The van der Waals surface area contributed by atoms with Gasteiger partial charge in [-0.1, -0.05) is 23.7 Å². The van der Waals surface area contributed by atoms with E-state index in [-0.39, 0.29) is 18.4 Å². The average Bonchev–Trinajstić information content (AvgIpc) is 2.27. The van der Waals surface area contributed by atoms with E-state index >= 15 is 0 Å². The molecule has 0 radical (unpaired) electrons. The summed E-state index contributed by atoms with van der Waals surface area (Å²) in [7, 11) is 1.57. The van der Waals surface area contributed by atoms with Crippen molar-refractivity contribution in [2.24, 2.45) is 0 Å². The molecule has 17 heavy (non-hydrogen) atoms. The lowest BCUT2D eigenvalue weighted by atomic mass is 10.1. The zero-order chi connectivity index (χ0) is 13.0. The summed E-state index contributed by atoms with van der Waals surface area (Å²) in [4.78, 5) is 24.0. The van der Waals surface area contributed by atoms with E-state index < -0.39 is 5.97 Å². The van der Waals surface area contributed by atoms with Crippen LogP contribution < -0.4 is 0 Å². The van der Waals surface area contributed by atoms with Crippen LogP contribution in [0.25, 0.3) is 0 Å². The predicted molar refractivity (Wildman–Crippen MR) is 65.3 cm³/mol. The topological polar surface area (TPSA) is 57.6 Å². The summed E-state index contributed by atoms with van der Waals surface area (Å²) in [6.07, 6.45) is -0.0906. The zero-order valence-electron chi connectivity index (χ0n) is 9.68. The van der Waals surface area contributed by atoms with Crippen molar-refractivity contribution in [2.75, 3.05) is 7.05 Å². The lowest BCUT2D eigenvalue weighted by Gasteiger charge is -2.24. The van der Waals surface area contributed by atoms with Crippen LogP contribution in [-0.2, 0) is 4.79 Å². The van der Waals surface area contributed by atoms with Gasteiger partial charge in [-0.3, -0.25) is 9.59 Å². The van der Waals surface area contributed by atoms with Gasteiger partial charge in [0.25, 0.3) is 5.91 Å². The summed E-state index contributed by atoms with van der Waals surface area (Å²) in [5.74, 6) is -1.21. The number of halogens is 1. The first-order chi connectivity index (χ1) is 7.93. The largest absolute Gasteiger partial charge is 0.481 e. The van der Waals surface area contributed by atoms with Crippen molar-refractivity contribution < 1.29 is 14.7 Å². The molecule has 0 aliphatic heterocycles. The van der Waals surface area contributed by atoms with Crippen molar-refractivity contribution in [2.45, 2.75) is 19.4 Å². The lowest BCUT2D eigenvalue weighted by molar-refractivity contribution is -0.137. The van der Waals surface area contributed by atoms with E-state index in [1.165, 1.54) is 4.90 Å². The fraction of sp³-hybridized carbons (Fsp3) is 0.333. The Bertz CT molecular complexity index is 434. The monoisotopic (exact) mass is 255 g/mol. The molecule has 0 saturated heterocycles. The molecule has 0 aromatic heterocycles. The van der Waals surface area contributed by atoms with Gasteiger partial charge in [0.2, 0.25) is 0 Å².